The van der Waals surface area contributed by atoms with E-state index in [1.54, 1.807) is 21.6 Å². The number of rotatable bonds is 5. The van der Waals surface area contributed by atoms with Crippen LogP contribution in [0.2, 0.25) is 0 Å². The fraction of sp³-hybridized carbons (Fsp3) is 0.333. The Morgan fingerprint density at radius 2 is 1.85 bits per heavy atom. The third-order valence-electron chi connectivity index (χ3n) is 3.44. The SMILES string of the molecule is CCN(CC)C(=O)Cn1cc(C(=O)O)c2ccccc21. The summed E-state index contributed by atoms with van der Waals surface area (Å²) in [4.78, 5) is 25.1. The molecule has 1 aromatic heterocycles. The number of aromatic carboxylic acids is 1. The number of aromatic nitrogens is 1. The highest BCUT2D eigenvalue weighted by Gasteiger charge is 2.16. The number of carboxylic acid groups (broad SMARTS) is 1. The summed E-state index contributed by atoms with van der Waals surface area (Å²) in [7, 11) is 0. The van der Waals surface area contributed by atoms with Gasteiger partial charge in [0, 0.05) is 30.2 Å². The Labute approximate surface area is 117 Å². The summed E-state index contributed by atoms with van der Waals surface area (Å²) in [5.41, 5.74) is 0.998. The summed E-state index contributed by atoms with van der Waals surface area (Å²) in [5, 5.41) is 9.88. The average molecular weight is 274 g/mol. The smallest absolute Gasteiger partial charge is 0.337 e. The molecule has 0 saturated carbocycles. The summed E-state index contributed by atoms with van der Waals surface area (Å²) in [6.07, 6.45) is 1.54. The van der Waals surface area contributed by atoms with Gasteiger partial charge >= 0.3 is 5.97 Å². The molecule has 0 atom stereocenters. The van der Waals surface area contributed by atoms with E-state index in [0.717, 1.165) is 5.52 Å². The summed E-state index contributed by atoms with van der Waals surface area (Å²) in [5.74, 6) is -0.983. The van der Waals surface area contributed by atoms with Crippen LogP contribution in [0.1, 0.15) is 24.2 Å². The quantitative estimate of drug-likeness (QED) is 0.909. The molecule has 0 aliphatic heterocycles. The predicted octanol–water partition coefficient (Wildman–Crippen LogP) is 2.21. The molecule has 0 saturated heterocycles. The molecule has 2 aromatic rings. The van der Waals surface area contributed by atoms with Gasteiger partial charge in [-0.05, 0) is 19.9 Å². The lowest BCUT2D eigenvalue weighted by atomic mass is 10.2. The summed E-state index contributed by atoms with van der Waals surface area (Å²) in [6.45, 7) is 5.33. The van der Waals surface area contributed by atoms with Gasteiger partial charge in [0.15, 0.2) is 0 Å². The molecule has 2 rings (SSSR count). The highest BCUT2D eigenvalue weighted by atomic mass is 16.4. The fourth-order valence-corrected chi connectivity index (χ4v) is 2.37. The first kappa shape index (κ1) is 14.1. The number of para-hydroxylation sites is 1. The van der Waals surface area contributed by atoms with E-state index in [1.165, 1.54) is 6.20 Å². The summed E-state index contributed by atoms with van der Waals surface area (Å²) >= 11 is 0. The van der Waals surface area contributed by atoms with Gasteiger partial charge in [-0.1, -0.05) is 18.2 Å². The lowest BCUT2D eigenvalue weighted by Crippen LogP contribution is -2.33. The summed E-state index contributed by atoms with van der Waals surface area (Å²) in [6, 6.07) is 7.23. The molecule has 5 heteroatoms. The van der Waals surface area contributed by atoms with Crippen molar-refractivity contribution in [1.29, 1.82) is 0 Å². The van der Waals surface area contributed by atoms with Gasteiger partial charge in [-0.25, -0.2) is 4.79 Å². The van der Waals surface area contributed by atoms with E-state index < -0.39 is 5.97 Å². The third-order valence-corrected chi connectivity index (χ3v) is 3.44. The van der Waals surface area contributed by atoms with Crippen LogP contribution in [0.3, 0.4) is 0 Å². The molecule has 0 bridgehead atoms. The van der Waals surface area contributed by atoms with Gasteiger partial charge in [0.05, 0.1) is 5.56 Å². The maximum absolute atomic E-state index is 12.2. The topological polar surface area (TPSA) is 62.5 Å². The Balaban J connectivity index is 2.40. The maximum atomic E-state index is 12.2. The molecule has 0 fully saturated rings. The largest absolute Gasteiger partial charge is 0.478 e. The molecule has 0 spiro atoms. The number of fused-ring (bicyclic) bond motifs is 1. The standard InChI is InChI=1S/C15H18N2O3/c1-3-16(4-2)14(18)10-17-9-12(15(19)20)11-7-5-6-8-13(11)17/h5-9H,3-4,10H2,1-2H3,(H,19,20). The zero-order valence-electron chi connectivity index (χ0n) is 11.7. The molecule has 1 heterocycles. The molecule has 106 valence electrons. The second-order valence-corrected chi connectivity index (χ2v) is 4.56. The first-order chi connectivity index (χ1) is 9.58. The number of carboxylic acids is 1. The van der Waals surface area contributed by atoms with Gasteiger partial charge in [0.25, 0.3) is 0 Å². The number of hydrogen-bond acceptors (Lipinski definition) is 2. The highest BCUT2D eigenvalue weighted by molar-refractivity contribution is 6.03. The van der Waals surface area contributed by atoms with Crippen molar-refractivity contribution in [3.05, 3.63) is 36.0 Å². The highest BCUT2D eigenvalue weighted by Crippen LogP contribution is 2.21. The summed E-state index contributed by atoms with van der Waals surface area (Å²) < 4.78 is 1.71. The maximum Gasteiger partial charge on any atom is 0.337 e. The van der Waals surface area contributed by atoms with Crippen LogP contribution in [0.5, 0.6) is 0 Å². The molecule has 1 N–H and O–H groups in total. The number of carbonyl (C=O) groups is 2. The van der Waals surface area contributed by atoms with Crippen molar-refractivity contribution in [1.82, 2.24) is 9.47 Å². The number of carbonyl (C=O) groups excluding carboxylic acids is 1. The second kappa shape index (κ2) is 5.77. The van der Waals surface area contributed by atoms with Gasteiger partial charge in [-0.3, -0.25) is 4.79 Å². The van der Waals surface area contributed by atoms with Crippen molar-refractivity contribution >= 4 is 22.8 Å². The Morgan fingerprint density at radius 3 is 2.45 bits per heavy atom. The molecular weight excluding hydrogens is 256 g/mol. The third kappa shape index (κ3) is 2.52. The van der Waals surface area contributed by atoms with E-state index in [4.69, 9.17) is 0 Å². The fourth-order valence-electron chi connectivity index (χ4n) is 2.37. The van der Waals surface area contributed by atoms with Gasteiger partial charge in [-0.2, -0.15) is 0 Å². The van der Waals surface area contributed by atoms with Gasteiger partial charge in [-0.15, -0.1) is 0 Å². The van der Waals surface area contributed by atoms with Gasteiger partial charge < -0.3 is 14.6 Å². The zero-order chi connectivity index (χ0) is 14.7. The molecule has 1 aromatic carbocycles. The van der Waals surface area contributed by atoms with Crippen molar-refractivity contribution in [2.75, 3.05) is 13.1 Å². The first-order valence-electron chi connectivity index (χ1n) is 6.67. The lowest BCUT2D eigenvalue weighted by molar-refractivity contribution is -0.131. The molecule has 0 aliphatic carbocycles. The minimum atomic E-state index is -0.977. The Bertz CT molecular complexity index is 642. The first-order valence-corrected chi connectivity index (χ1v) is 6.67. The average Bonchev–Trinajstić information content (AvgIpc) is 2.79. The number of likely N-dealkylation sites (N-methyl/N-ethyl adjacent to an activating group) is 1. The van der Waals surface area contributed by atoms with Crippen molar-refractivity contribution < 1.29 is 14.7 Å². The molecule has 1 amide bonds. The van der Waals surface area contributed by atoms with Crippen molar-refractivity contribution in [3.63, 3.8) is 0 Å². The van der Waals surface area contributed by atoms with Gasteiger partial charge in [0.2, 0.25) is 5.91 Å². The number of benzene rings is 1. The molecular formula is C15H18N2O3. The Kier molecular flexibility index (Phi) is 4.08. The monoisotopic (exact) mass is 274 g/mol. The number of amides is 1. The van der Waals surface area contributed by atoms with Crippen LogP contribution in [-0.2, 0) is 11.3 Å². The van der Waals surface area contributed by atoms with Crippen LogP contribution in [-0.4, -0.2) is 39.5 Å². The minimum Gasteiger partial charge on any atom is -0.478 e. The van der Waals surface area contributed by atoms with Crippen molar-refractivity contribution in [2.24, 2.45) is 0 Å². The van der Waals surface area contributed by atoms with Crippen LogP contribution in [0.25, 0.3) is 10.9 Å². The van der Waals surface area contributed by atoms with E-state index in [-0.39, 0.29) is 18.0 Å². The lowest BCUT2D eigenvalue weighted by Gasteiger charge is -2.19. The van der Waals surface area contributed by atoms with Crippen LogP contribution in [0.4, 0.5) is 0 Å². The van der Waals surface area contributed by atoms with Crippen LogP contribution < -0.4 is 0 Å². The molecule has 20 heavy (non-hydrogen) atoms. The molecule has 0 aliphatic rings. The van der Waals surface area contributed by atoms with E-state index >= 15 is 0 Å². The van der Waals surface area contributed by atoms with E-state index in [2.05, 4.69) is 0 Å². The molecule has 5 nitrogen and oxygen atoms in total. The van der Waals surface area contributed by atoms with E-state index in [1.807, 2.05) is 26.0 Å². The van der Waals surface area contributed by atoms with Crippen LogP contribution in [0.15, 0.2) is 30.5 Å². The predicted molar refractivity (Wildman–Crippen MR) is 76.8 cm³/mol. The van der Waals surface area contributed by atoms with Crippen LogP contribution in [0, 0.1) is 0 Å². The Morgan fingerprint density at radius 1 is 1.20 bits per heavy atom. The normalized spacial score (nSPS) is 10.7. The molecule has 0 unspecified atom stereocenters. The van der Waals surface area contributed by atoms with Crippen LogP contribution >= 0.6 is 0 Å². The van der Waals surface area contributed by atoms with Gasteiger partial charge in [0.1, 0.15) is 6.54 Å². The van der Waals surface area contributed by atoms with Crippen molar-refractivity contribution in [3.8, 4) is 0 Å². The van der Waals surface area contributed by atoms with E-state index in [0.29, 0.717) is 18.5 Å². The number of nitrogens with zero attached hydrogens (tertiary/aromatic N) is 2. The van der Waals surface area contributed by atoms with Crippen molar-refractivity contribution in [2.45, 2.75) is 20.4 Å². The second-order valence-electron chi connectivity index (χ2n) is 4.56. The molecule has 0 radical (unpaired) electrons. The van der Waals surface area contributed by atoms with E-state index in [9.17, 15) is 14.7 Å². The Hall–Kier alpha value is -2.30. The minimum absolute atomic E-state index is 0.00677. The number of hydrogen-bond donors (Lipinski definition) is 1. The zero-order valence-corrected chi connectivity index (χ0v) is 11.7.